The maximum atomic E-state index is 11.9. The van der Waals surface area contributed by atoms with E-state index in [1.807, 2.05) is 24.3 Å². The summed E-state index contributed by atoms with van der Waals surface area (Å²) in [4.78, 5) is 13.4. The second kappa shape index (κ2) is 7.68. The highest BCUT2D eigenvalue weighted by atomic mass is 16.6. The molecule has 1 N–H and O–H groups in total. The van der Waals surface area contributed by atoms with Gasteiger partial charge >= 0.3 is 6.09 Å². The van der Waals surface area contributed by atoms with E-state index >= 15 is 0 Å². The molecule has 1 amide bonds. The molecule has 1 aromatic rings. The number of ether oxygens (including phenoxy) is 2. The molecule has 1 aliphatic carbocycles. The van der Waals surface area contributed by atoms with E-state index in [1.165, 1.54) is 0 Å². The van der Waals surface area contributed by atoms with Crippen LogP contribution in [0.25, 0.3) is 0 Å². The topological polar surface area (TPSA) is 59.0 Å². The highest BCUT2D eigenvalue weighted by molar-refractivity contribution is 5.67. The third-order valence-electron chi connectivity index (χ3n) is 4.68. The van der Waals surface area contributed by atoms with Crippen LogP contribution in [0.2, 0.25) is 0 Å². The largest absolute Gasteiger partial charge is 0.497 e. The van der Waals surface area contributed by atoms with Crippen molar-refractivity contribution in [3.05, 3.63) is 29.8 Å². The molecule has 1 saturated carbocycles. The van der Waals surface area contributed by atoms with E-state index < -0.39 is 5.60 Å². The van der Waals surface area contributed by atoms with Gasteiger partial charge in [-0.05, 0) is 37.5 Å². The summed E-state index contributed by atoms with van der Waals surface area (Å²) in [5.74, 6) is 0.719. The number of amides is 1. The van der Waals surface area contributed by atoms with Crippen LogP contribution in [0.4, 0.5) is 4.79 Å². The van der Waals surface area contributed by atoms with Gasteiger partial charge in [-0.2, -0.15) is 0 Å². The lowest BCUT2D eigenvalue weighted by Gasteiger charge is -2.42. The van der Waals surface area contributed by atoms with Crippen molar-refractivity contribution in [2.75, 3.05) is 27.3 Å². The molecule has 0 aliphatic heterocycles. The zero-order chi connectivity index (χ0) is 16.9. The Morgan fingerprint density at radius 3 is 2.91 bits per heavy atom. The van der Waals surface area contributed by atoms with E-state index in [-0.39, 0.29) is 12.0 Å². The first-order valence-corrected chi connectivity index (χ1v) is 8.26. The normalized spacial score (nSPS) is 24.1. The van der Waals surface area contributed by atoms with Gasteiger partial charge in [0.05, 0.1) is 19.3 Å². The lowest BCUT2D eigenvalue weighted by molar-refractivity contribution is -0.0625. The monoisotopic (exact) mass is 321 g/mol. The predicted molar refractivity (Wildman–Crippen MR) is 88.5 cm³/mol. The Labute approximate surface area is 138 Å². The number of nitrogens with zero attached hydrogens (tertiary/aromatic N) is 1. The second-order valence-electron chi connectivity index (χ2n) is 6.18. The first-order valence-electron chi connectivity index (χ1n) is 8.26. The molecule has 1 aromatic carbocycles. The van der Waals surface area contributed by atoms with Crippen molar-refractivity contribution in [1.82, 2.24) is 4.90 Å². The standard InChI is InChI=1S/C18H27NO4/c1-4-23-17(20)19(2)13-15-8-5-6-11-18(15,21)14-9-7-10-16(12-14)22-3/h7,9-10,12,15,21H,4-6,8,11,13H2,1-3H3. The molecule has 0 radical (unpaired) electrons. The molecule has 0 saturated heterocycles. The van der Waals surface area contributed by atoms with Crippen LogP contribution in [0.5, 0.6) is 5.75 Å². The Morgan fingerprint density at radius 2 is 2.22 bits per heavy atom. The quantitative estimate of drug-likeness (QED) is 0.905. The van der Waals surface area contributed by atoms with Gasteiger partial charge in [-0.25, -0.2) is 4.79 Å². The van der Waals surface area contributed by atoms with Crippen molar-refractivity contribution in [3.8, 4) is 5.75 Å². The Kier molecular flexibility index (Phi) is 5.88. The maximum absolute atomic E-state index is 11.9. The smallest absolute Gasteiger partial charge is 0.409 e. The van der Waals surface area contributed by atoms with Gasteiger partial charge in [0, 0.05) is 19.5 Å². The Hall–Kier alpha value is -1.75. The van der Waals surface area contributed by atoms with Crippen LogP contribution in [0, 0.1) is 5.92 Å². The summed E-state index contributed by atoms with van der Waals surface area (Å²) in [7, 11) is 3.34. The van der Waals surface area contributed by atoms with Gasteiger partial charge in [-0.1, -0.05) is 25.0 Å². The first kappa shape index (κ1) is 17.6. The molecule has 23 heavy (non-hydrogen) atoms. The van der Waals surface area contributed by atoms with Crippen LogP contribution in [-0.4, -0.2) is 43.4 Å². The van der Waals surface area contributed by atoms with Crippen LogP contribution in [0.1, 0.15) is 38.2 Å². The molecule has 1 aliphatic rings. The fraction of sp³-hybridized carbons (Fsp3) is 0.611. The summed E-state index contributed by atoms with van der Waals surface area (Å²) in [6.45, 7) is 2.62. The van der Waals surface area contributed by atoms with E-state index in [1.54, 1.807) is 26.0 Å². The fourth-order valence-electron chi connectivity index (χ4n) is 3.38. The fourth-order valence-corrected chi connectivity index (χ4v) is 3.38. The van der Waals surface area contributed by atoms with Gasteiger partial charge in [-0.15, -0.1) is 0 Å². The minimum atomic E-state index is -0.937. The number of carbonyl (C=O) groups excluding carboxylic acids is 1. The van der Waals surface area contributed by atoms with Gasteiger partial charge in [0.2, 0.25) is 0 Å². The van der Waals surface area contributed by atoms with Crippen LogP contribution in [0.15, 0.2) is 24.3 Å². The molecule has 0 bridgehead atoms. The average Bonchev–Trinajstić information content (AvgIpc) is 2.57. The van der Waals surface area contributed by atoms with Crippen LogP contribution < -0.4 is 4.74 Å². The van der Waals surface area contributed by atoms with Crippen LogP contribution >= 0.6 is 0 Å². The number of methoxy groups -OCH3 is 1. The SMILES string of the molecule is CCOC(=O)N(C)CC1CCCCC1(O)c1cccc(OC)c1. The summed E-state index contributed by atoms with van der Waals surface area (Å²) in [5.41, 5.74) is -0.0770. The van der Waals surface area contributed by atoms with Crippen molar-refractivity contribution < 1.29 is 19.4 Å². The number of hydrogen-bond donors (Lipinski definition) is 1. The van der Waals surface area contributed by atoms with Crippen molar-refractivity contribution >= 4 is 6.09 Å². The summed E-state index contributed by atoms with van der Waals surface area (Å²) < 4.78 is 10.3. The molecule has 2 unspecified atom stereocenters. The Morgan fingerprint density at radius 1 is 1.43 bits per heavy atom. The maximum Gasteiger partial charge on any atom is 0.409 e. The molecule has 5 heteroatoms. The summed E-state index contributed by atoms with van der Waals surface area (Å²) in [6, 6.07) is 7.59. The summed E-state index contributed by atoms with van der Waals surface area (Å²) in [6.07, 6.45) is 3.28. The highest BCUT2D eigenvalue weighted by Gasteiger charge is 2.41. The van der Waals surface area contributed by atoms with Crippen molar-refractivity contribution in [1.29, 1.82) is 0 Å². The molecule has 2 atom stereocenters. The Bertz CT molecular complexity index is 534. The van der Waals surface area contributed by atoms with Gasteiger partial charge in [0.25, 0.3) is 0 Å². The summed E-state index contributed by atoms with van der Waals surface area (Å²) >= 11 is 0. The van der Waals surface area contributed by atoms with E-state index in [0.29, 0.717) is 19.6 Å². The number of benzene rings is 1. The minimum absolute atomic E-state index is 0.0160. The van der Waals surface area contributed by atoms with E-state index in [2.05, 4.69) is 0 Å². The zero-order valence-electron chi connectivity index (χ0n) is 14.2. The highest BCUT2D eigenvalue weighted by Crippen LogP contribution is 2.42. The molecular formula is C18H27NO4. The van der Waals surface area contributed by atoms with Crippen molar-refractivity contribution in [2.45, 2.75) is 38.2 Å². The zero-order valence-corrected chi connectivity index (χ0v) is 14.2. The van der Waals surface area contributed by atoms with Gasteiger partial charge in [0.1, 0.15) is 5.75 Å². The number of carbonyl (C=O) groups is 1. The first-order chi connectivity index (χ1) is 11.0. The molecule has 0 heterocycles. The van der Waals surface area contributed by atoms with E-state index in [0.717, 1.165) is 30.6 Å². The molecule has 2 rings (SSSR count). The minimum Gasteiger partial charge on any atom is -0.497 e. The lowest BCUT2D eigenvalue weighted by Crippen LogP contribution is -2.45. The average molecular weight is 321 g/mol. The molecule has 5 nitrogen and oxygen atoms in total. The molecule has 0 spiro atoms. The van der Waals surface area contributed by atoms with E-state index in [4.69, 9.17) is 9.47 Å². The number of rotatable bonds is 5. The van der Waals surface area contributed by atoms with E-state index in [9.17, 15) is 9.90 Å². The van der Waals surface area contributed by atoms with Crippen LogP contribution in [-0.2, 0) is 10.3 Å². The number of hydrogen-bond acceptors (Lipinski definition) is 4. The second-order valence-corrected chi connectivity index (χ2v) is 6.18. The molecular weight excluding hydrogens is 294 g/mol. The summed E-state index contributed by atoms with van der Waals surface area (Å²) in [5, 5.41) is 11.3. The molecule has 128 valence electrons. The third-order valence-corrected chi connectivity index (χ3v) is 4.68. The van der Waals surface area contributed by atoms with Crippen molar-refractivity contribution in [2.24, 2.45) is 5.92 Å². The number of aliphatic hydroxyl groups is 1. The molecule has 1 fully saturated rings. The third kappa shape index (κ3) is 3.96. The van der Waals surface area contributed by atoms with Crippen LogP contribution in [0.3, 0.4) is 0 Å². The molecule has 0 aromatic heterocycles. The lowest BCUT2D eigenvalue weighted by atomic mass is 9.71. The predicted octanol–water partition coefficient (Wildman–Crippen LogP) is 3.16. The van der Waals surface area contributed by atoms with Crippen molar-refractivity contribution in [3.63, 3.8) is 0 Å². The van der Waals surface area contributed by atoms with Gasteiger partial charge in [-0.3, -0.25) is 0 Å². The van der Waals surface area contributed by atoms with Gasteiger partial charge in [0.15, 0.2) is 0 Å². The Balaban J connectivity index is 2.20. The van der Waals surface area contributed by atoms with Gasteiger partial charge < -0.3 is 19.5 Å².